The number of hydrogen-bond acceptors (Lipinski definition) is 4. The van der Waals surface area contributed by atoms with Crippen molar-refractivity contribution in [2.45, 2.75) is 39.7 Å². The highest BCUT2D eigenvalue weighted by atomic mass is 16.5. The van der Waals surface area contributed by atoms with Gasteiger partial charge in [0.2, 0.25) is 0 Å². The van der Waals surface area contributed by atoms with Crippen LogP contribution in [0.1, 0.15) is 43.7 Å². The highest BCUT2D eigenvalue weighted by molar-refractivity contribution is 5.90. The second-order valence-electron chi connectivity index (χ2n) is 4.67. The molecule has 1 aromatic heterocycles. The Hall–Kier alpha value is -1.52. The lowest BCUT2D eigenvalue weighted by atomic mass is 9.86. The molecule has 5 nitrogen and oxygen atoms in total. The van der Waals surface area contributed by atoms with E-state index in [9.17, 15) is 4.79 Å². The Morgan fingerprint density at radius 2 is 2.06 bits per heavy atom. The number of nitrogens with zero attached hydrogens (tertiary/aromatic N) is 2. The third kappa shape index (κ3) is 2.03. The fourth-order valence-electron chi connectivity index (χ4n) is 1.69. The molecule has 1 heterocycles. The Morgan fingerprint density at radius 3 is 2.44 bits per heavy atom. The minimum atomic E-state index is -0.441. The number of ether oxygens (including phenoxy) is 1. The van der Waals surface area contributed by atoms with Gasteiger partial charge in [0.05, 0.1) is 7.11 Å². The highest BCUT2D eigenvalue weighted by Gasteiger charge is 2.29. The van der Waals surface area contributed by atoms with Gasteiger partial charge < -0.3 is 10.5 Å². The van der Waals surface area contributed by atoms with Crippen LogP contribution in [0.2, 0.25) is 0 Å². The number of nitrogen functional groups attached to an aromatic ring is 1. The van der Waals surface area contributed by atoms with Crippen molar-refractivity contribution in [2.75, 3.05) is 12.8 Å². The van der Waals surface area contributed by atoms with E-state index >= 15 is 0 Å². The van der Waals surface area contributed by atoms with Crippen molar-refractivity contribution in [3.8, 4) is 0 Å². The Morgan fingerprint density at radius 1 is 1.50 bits per heavy atom. The second kappa shape index (κ2) is 4.15. The molecule has 0 saturated heterocycles. The Labute approximate surface area is 95.6 Å². The molecule has 5 heteroatoms. The summed E-state index contributed by atoms with van der Waals surface area (Å²) in [7, 11) is 1.34. The van der Waals surface area contributed by atoms with Crippen LogP contribution in [0.3, 0.4) is 0 Å². The Kier molecular flexibility index (Phi) is 3.26. The normalized spacial score (nSPS) is 11.6. The van der Waals surface area contributed by atoms with Gasteiger partial charge in [-0.15, -0.1) is 0 Å². The summed E-state index contributed by atoms with van der Waals surface area (Å²) in [5.74, 6) is 0.0965. The maximum atomic E-state index is 11.6. The molecule has 0 spiro atoms. The van der Waals surface area contributed by atoms with Crippen LogP contribution in [-0.4, -0.2) is 22.9 Å². The van der Waals surface area contributed by atoms with Crippen LogP contribution in [0, 0.1) is 0 Å². The molecule has 0 aliphatic heterocycles. The number of methoxy groups -OCH3 is 1. The third-order valence-corrected chi connectivity index (χ3v) is 2.42. The summed E-state index contributed by atoms with van der Waals surface area (Å²) in [6.45, 7) is 8.54. The number of carbonyl (C=O) groups is 1. The van der Waals surface area contributed by atoms with Crippen LogP contribution in [-0.2, 0) is 16.7 Å². The summed E-state index contributed by atoms with van der Waals surface area (Å²) in [5, 5.41) is 4.18. The number of esters is 1. The zero-order chi connectivity index (χ0) is 12.5. The molecule has 0 bridgehead atoms. The van der Waals surface area contributed by atoms with Gasteiger partial charge in [0.1, 0.15) is 5.82 Å². The Bertz CT molecular complexity index is 402. The summed E-state index contributed by atoms with van der Waals surface area (Å²) < 4.78 is 6.33. The molecular weight excluding hydrogens is 206 g/mol. The molecule has 16 heavy (non-hydrogen) atoms. The topological polar surface area (TPSA) is 70.1 Å². The number of carbonyl (C=O) groups excluding carboxylic acids is 1. The van der Waals surface area contributed by atoms with Gasteiger partial charge in [0.15, 0.2) is 5.69 Å². The molecule has 2 N–H and O–H groups in total. The predicted octanol–water partition coefficient (Wildman–Crippen LogP) is 1.57. The van der Waals surface area contributed by atoms with E-state index in [2.05, 4.69) is 5.10 Å². The number of rotatable bonds is 2. The Balaban J connectivity index is 3.43. The molecular formula is C11H19N3O2. The summed E-state index contributed by atoms with van der Waals surface area (Å²) in [5.41, 5.74) is 6.82. The van der Waals surface area contributed by atoms with Gasteiger partial charge >= 0.3 is 5.97 Å². The molecule has 0 radical (unpaired) electrons. The molecule has 0 atom stereocenters. The van der Waals surface area contributed by atoms with Crippen molar-refractivity contribution in [1.29, 1.82) is 0 Å². The van der Waals surface area contributed by atoms with E-state index in [1.807, 2.05) is 27.7 Å². The molecule has 1 aromatic rings. The van der Waals surface area contributed by atoms with E-state index < -0.39 is 5.97 Å². The van der Waals surface area contributed by atoms with Crippen molar-refractivity contribution in [1.82, 2.24) is 9.78 Å². The van der Waals surface area contributed by atoms with Gasteiger partial charge in [-0.05, 0) is 12.3 Å². The van der Waals surface area contributed by atoms with E-state index in [1.54, 1.807) is 4.68 Å². The van der Waals surface area contributed by atoms with Crippen LogP contribution >= 0.6 is 0 Å². The predicted molar refractivity (Wildman–Crippen MR) is 62.4 cm³/mol. The average molecular weight is 225 g/mol. The first-order valence-corrected chi connectivity index (χ1v) is 5.28. The number of anilines is 1. The van der Waals surface area contributed by atoms with Crippen LogP contribution in [0.5, 0.6) is 0 Å². The van der Waals surface area contributed by atoms with Gasteiger partial charge in [-0.3, -0.25) is 0 Å². The minimum Gasteiger partial charge on any atom is -0.464 e. The molecule has 1 rings (SSSR count). The van der Waals surface area contributed by atoms with E-state index in [0.29, 0.717) is 18.1 Å². The number of aryl methyl sites for hydroxylation is 1. The molecule has 0 aliphatic rings. The fraction of sp³-hybridized carbons (Fsp3) is 0.636. The van der Waals surface area contributed by atoms with Crippen molar-refractivity contribution < 1.29 is 9.53 Å². The lowest BCUT2D eigenvalue weighted by Gasteiger charge is -2.18. The van der Waals surface area contributed by atoms with Crippen molar-refractivity contribution in [2.24, 2.45) is 0 Å². The van der Waals surface area contributed by atoms with E-state index in [0.717, 1.165) is 5.56 Å². The molecule has 0 aromatic carbocycles. The van der Waals surface area contributed by atoms with E-state index in [1.165, 1.54) is 7.11 Å². The molecule has 0 amide bonds. The quantitative estimate of drug-likeness (QED) is 0.775. The van der Waals surface area contributed by atoms with Crippen molar-refractivity contribution in [3.63, 3.8) is 0 Å². The molecule has 0 unspecified atom stereocenters. The second-order valence-corrected chi connectivity index (χ2v) is 4.67. The number of nitrogens with two attached hydrogens (primary N) is 1. The molecule has 0 saturated carbocycles. The van der Waals surface area contributed by atoms with Gasteiger partial charge in [-0.25, -0.2) is 9.48 Å². The monoisotopic (exact) mass is 225 g/mol. The summed E-state index contributed by atoms with van der Waals surface area (Å²) >= 11 is 0. The number of aromatic nitrogens is 2. The third-order valence-electron chi connectivity index (χ3n) is 2.42. The van der Waals surface area contributed by atoms with Gasteiger partial charge in [-0.2, -0.15) is 5.10 Å². The molecule has 90 valence electrons. The summed E-state index contributed by atoms with van der Waals surface area (Å²) in [6.07, 6.45) is 0. The van der Waals surface area contributed by atoms with E-state index in [-0.39, 0.29) is 5.41 Å². The van der Waals surface area contributed by atoms with Gasteiger partial charge in [-0.1, -0.05) is 20.8 Å². The molecule has 0 fully saturated rings. The van der Waals surface area contributed by atoms with Crippen LogP contribution in [0.25, 0.3) is 0 Å². The maximum absolute atomic E-state index is 11.6. The zero-order valence-electron chi connectivity index (χ0n) is 10.5. The average Bonchev–Trinajstić information content (AvgIpc) is 2.53. The smallest absolute Gasteiger partial charge is 0.358 e. The largest absolute Gasteiger partial charge is 0.464 e. The summed E-state index contributed by atoms with van der Waals surface area (Å²) in [4.78, 5) is 11.6. The molecule has 0 aliphatic carbocycles. The lowest BCUT2D eigenvalue weighted by Crippen LogP contribution is -2.18. The van der Waals surface area contributed by atoms with Crippen LogP contribution in [0.15, 0.2) is 0 Å². The van der Waals surface area contributed by atoms with Crippen molar-refractivity contribution >= 4 is 11.8 Å². The zero-order valence-corrected chi connectivity index (χ0v) is 10.5. The van der Waals surface area contributed by atoms with Gasteiger partial charge in [0, 0.05) is 12.1 Å². The van der Waals surface area contributed by atoms with Gasteiger partial charge in [0.25, 0.3) is 0 Å². The van der Waals surface area contributed by atoms with E-state index in [4.69, 9.17) is 10.5 Å². The van der Waals surface area contributed by atoms with Crippen molar-refractivity contribution in [3.05, 3.63) is 11.3 Å². The lowest BCUT2D eigenvalue weighted by molar-refractivity contribution is 0.0590. The standard InChI is InChI=1S/C11H19N3O2/c1-6-14-9(12)7(11(2,3)4)8(13-14)10(15)16-5/h6,12H2,1-5H3. The van der Waals surface area contributed by atoms with Crippen LogP contribution in [0.4, 0.5) is 5.82 Å². The van der Waals surface area contributed by atoms with Crippen LogP contribution < -0.4 is 5.73 Å². The highest BCUT2D eigenvalue weighted by Crippen LogP contribution is 2.31. The first-order chi connectivity index (χ1) is 7.32. The maximum Gasteiger partial charge on any atom is 0.358 e. The fourth-order valence-corrected chi connectivity index (χ4v) is 1.69. The SMILES string of the molecule is CCn1nc(C(=O)OC)c(C(C)(C)C)c1N. The number of hydrogen-bond donors (Lipinski definition) is 1. The first-order valence-electron chi connectivity index (χ1n) is 5.28. The minimum absolute atomic E-state index is 0.235. The first kappa shape index (κ1) is 12.5. The summed E-state index contributed by atoms with van der Waals surface area (Å²) in [6, 6.07) is 0.